The highest BCUT2D eigenvalue weighted by molar-refractivity contribution is 6.11. The van der Waals surface area contributed by atoms with Crippen molar-refractivity contribution in [2.24, 2.45) is 0 Å². The van der Waals surface area contributed by atoms with Gasteiger partial charge >= 0.3 is 0 Å². The third-order valence-corrected chi connectivity index (χ3v) is 11.8. The number of fused-ring (bicyclic) bond motifs is 9. The average Bonchev–Trinajstić information content (AvgIpc) is 3.94. The lowest BCUT2D eigenvalue weighted by Gasteiger charge is -2.26. The molecule has 4 heteroatoms. The van der Waals surface area contributed by atoms with E-state index in [1.54, 1.807) is 0 Å². The predicted molar refractivity (Wildman–Crippen MR) is 251 cm³/mol. The number of benzene rings is 8. The molecule has 0 atom stereocenters. The summed E-state index contributed by atoms with van der Waals surface area (Å²) in [5.74, 6) is 0. The first-order valence-electron chi connectivity index (χ1n) is 20.1. The van der Waals surface area contributed by atoms with Crippen LogP contribution in [-0.4, -0.2) is 13.7 Å². The molecule has 0 spiro atoms. The summed E-state index contributed by atoms with van der Waals surface area (Å²) in [6.45, 7) is 6.47. The molecule has 0 N–H and O–H groups in total. The van der Waals surface area contributed by atoms with E-state index in [1.165, 1.54) is 54.4 Å². The molecule has 0 saturated carbocycles. The van der Waals surface area contributed by atoms with Crippen molar-refractivity contribution >= 4 is 82.5 Å². The lowest BCUT2D eigenvalue weighted by molar-refractivity contribution is 1.13. The summed E-state index contributed by atoms with van der Waals surface area (Å²) in [6, 6.07) is 69.8. The van der Waals surface area contributed by atoms with Crippen molar-refractivity contribution in [2.75, 3.05) is 4.90 Å². The van der Waals surface area contributed by atoms with E-state index >= 15 is 0 Å². The van der Waals surface area contributed by atoms with Gasteiger partial charge in [0.05, 0.1) is 33.1 Å². The predicted octanol–water partition coefficient (Wildman–Crippen LogP) is 14.8. The summed E-state index contributed by atoms with van der Waals surface area (Å²) in [5.41, 5.74) is 13.5. The SMILES string of the molecule is C=C/C(=C\C=C(/C)N(c1ccc(-n2c3ccccc3c3ccccc32)cc1)c1ccc(-n2c3ccccc3c3ccccc32)cc1)n1c2ccccc2c2ccccc21. The Morgan fingerprint density at radius 1 is 0.390 bits per heavy atom. The van der Waals surface area contributed by atoms with Gasteiger partial charge in [0.15, 0.2) is 0 Å². The van der Waals surface area contributed by atoms with Crippen molar-refractivity contribution in [3.05, 3.63) is 225 Å². The second-order valence-electron chi connectivity index (χ2n) is 15.1. The molecule has 0 radical (unpaired) electrons. The highest BCUT2D eigenvalue weighted by Crippen LogP contribution is 2.38. The van der Waals surface area contributed by atoms with Gasteiger partial charge in [-0.1, -0.05) is 116 Å². The van der Waals surface area contributed by atoms with Crippen LogP contribution in [0.3, 0.4) is 0 Å². The maximum Gasteiger partial charge on any atom is 0.0541 e. The summed E-state index contributed by atoms with van der Waals surface area (Å²) in [4.78, 5) is 2.34. The standard InChI is InChI=1S/C55H40N4/c1-3-39(57-50-22-10-4-16-44(50)45-17-5-11-23-51(45)57)29-28-38(2)56(40-30-34-42(35-31-40)58-52-24-12-6-18-46(52)47-19-7-13-25-53(47)58)41-32-36-43(37-33-41)59-54-26-14-8-20-48(54)49-21-9-15-27-55(49)59/h3-37H,1H2,2H3/b38-28+,39-29+. The fourth-order valence-corrected chi connectivity index (χ4v) is 9.17. The molecule has 8 aromatic carbocycles. The molecular formula is C55H40N4. The van der Waals surface area contributed by atoms with Crippen LogP contribution in [0.2, 0.25) is 0 Å². The number of allylic oxidation sites excluding steroid dienone is 5. The third kappa shape index (κ3) is 5.53. The van der Waals surface area contributed by atoms with Crippen molar-refractivity contribution in [2.45, 2.75) is 6.92 Å². The molecule has 3 heterocycles. The smallest absolute Gasteiger partial charge is 0.0541 e. The number of para-hydroxylation sites is 6. The Hall–Kier alpha value is -7.82. The first kappa shape index (κ1) is 34.4. The molecule has 11 rings (SSSR count). The molecule has 0 saturated heterocycles. The summed E-state index contributed by atoms with van der Waals surface area (Å²) in [6.07, 6.45) is 6.35. The molecule has 3 aromatic heterocycles. The Kier molecular flexibility index (Phi) is 8.16. The number of rotatable bonds is 8. The fourth-order valence-electron chi connectivity index (χ4n) is 9.17. The first-order valence-corrected chi connectivity index (χ1v) is 20.1. The number of anilines is 2. The second-order valence-corrected chi connectivity index (χ2v) is 15.1. The highest BCUT2D eigenvalue weighted by atomic mass is 15.1. The van der Waals surface area contributed by atoms with Gasteiger partial charge in [0.1, 0.15) is 0 Å². The monoisotopic (exact) mass is 756 g/mol. The van der Waals surface area contributed by atoms with Gasteiger partial charge in [0, 0.05) is 66.5 Å². The Labute approximate surface area is 342 Å². The van der Waals surface area contributed by atoms with Crippen molar-refractivity contribution in [1.29, 1.82) is 0 Å². The van der Waals surface area contributed by atoms with Crippen LogP contribution in [0.15, 0.2) is 225 Å². The zero-order chi connectivity index (χ0) is 39.5. The topological polar surface area (TPSA) is 18.0 Å². The van der Waals surface area contributed by atoms with E-state index in [4.69, 9.17) is 0 Å². The van der Waals surface area contributed by atoms with Gasteiger partial charge in [-0.25, -0.2) is 0 Å². The van der Waals surface area contributed by atoms with E-state index in [2.05, 4.69) is 238 Å². The van der Waals surface area contributed by atoms with Crippen molar-refractivity contribution < 1.29 is 0 Å². The van der Waals surface area contributed by atoms with Crippen LogP contribution in [0.4, 0.5) is 11.4 Å². The number of nitrogens with zero attached hydrogens (tertiary/aromatic N) is 4. The van der Waals surface area contributed by atoms with Gasteiger partial charge in [0.25, 0.3) is 0 Å². The van der Waals surface area contributed by atoms with Gasteiger partial charge in [0.2, 0.25) is 0 Å². The molecule has 0 amide bonds. The third-order valence-electron chi connectivity index (χ3n) is 11.8. The average molecular weight is 757 g/mol. The molecular weight excluding hydrogens is 717 g/mol. The van der Waals surface area contributed by atoms with E-state index < -0.39 is 0 Å². The zero-order valence-corrected chi connectivity index (χ0v) is 32.7. The molecule has 0 bridgehead atoms. The Morgan fingerprint density at radius 2 is 0.695 bits per heavy atom. The van der Waals surface area contributed by atoms with E-state index in [1.807, 2.05) is 6.08 Å². The lowest BCUT2D eigenvalue weighted by Crippen LogP contribution is -2.14. The van der Waals surface area contributed by atoms with Gasteiger partial charge in [-0.05, 0) is 110 Å². The van der Waals surface area contributed by atoms with E-state index in [0.29, 0.717) is 0 Å². The van der Waals surface area contributed by atoms with Crippen LogP contribution in [0, 0.1) is 0 Å². The van der Waals surface area contributed by atoms with E-state index in [-0.39, 0.29) is 0 Å². The normalized spacial score (nSPS) is 12.4. The molecule has 280 valence electrons. The van der Waals surface area contributed by atoms with Crippen LogP contribution in [-0.2, 0) is 0 Å². The molecule has 0 aliphatic rings. The number of hydrogen-bond acceptors (Lipinski definition) is 1. The minimum absolute atomic E-state index is 1.00. The van der Waals surface area contributed by atoms with Crippen LogP contribution in [0.5, 0.6) is 0 Å². The second kappa shape index (κ2) is 14.0. The van der Waals surface area contributed by atoms with Gasteiger partial charge in [-0.15, -0.1) is 0 Å². The molecule has 0 unspecified atom stereocenters. The molecule has 0 aliphatic carbocycles. The Balaban J connectivity index is 1.05. The quantitative estimate of drug-likeness (QED) is 0.141. The summed E-state index contributed by atoms with van der Waals surface area (Å²) in [5, 5.41) is 7.47. The molecule has 4 nitrogen and oxygen atoms in total. The molecule has 0 fully saturated rings. The maximum absolute atomic E-state index is 4.29. The Morgan fingerprint density at radius 3 is 1.03 bits per heavy atom. The van der Waals surface area contributed by atoms with Crippen LogP contribution >= 0.6 is 0 Å². The van der Waals surface area contributed by atoms with Gasteiger partial charge in [-0.2, -0.15) is 0 Å². The highest BCUT2D eigenvalue weighted by Gasteiger charge is 2.17. The number of aromatic nitrogens is 3. The minimum Gasteiger partial charge on any atom is -0.315 e. The molecule has 0 aliphatic heterocycles. The van der Waals surface area contributed by atoms with Crippen molar-refractivity contribution in [3.63, 3.8) is 0 Å². The fraction of sp³-hybridized carbons (Fsp3) is 0.0182. The van der Waals surface area contributed by atoms with E-state index in [9.17, 15) is 0 Å². The summed E-state index contributed by atoms with van der Waals surface area (Å²) < 4.78 is 7.05. The van der Waals surface area contributed by atoms with Gasteiger partial charge in [-0.3, -0.25) is 0 Å². The zero-order valence-electron chi connectivity index (χ0n) is 32.7. The summed E-state index contributed by atoms with van der Waals surface area (Å²) in [7, 11) is 0. The number of hydrogen-bond donors (Lipinski definition) is 0. The van der Waals surface area contributed by atoms with Gasteiger partial charge < -0.3 is 18.6 Å². The lowest BCUT2D eigenvalue weighted by atomic mass is 10.1. The van der Waals surface area contributed by atoms with Crippen molar-refractivity contribution in [1.82, 2.24) is 13.7 Å². The summed E-state index contributed by atoms with van der Waals surface area (Å²) >= 11 is 0. The minimum atomic E-state index is 1.00. The van der Waals surface area contributed by atoms with Crippen LogP contribution < -0.4 is 4.90 Å². The first-order chi connectivity index (χ1) is 29.2. The van der Waals surface area contributed by atoms with E-state index in [0.717, 1.165) is 45.2 Å². The van der Waals surface area contributed by atoms with Crippen LogP contribution in [0.25, 0.3) is 82.5 Å². The molecule has 11 aromatic rings. The van der Waals surface area contributed by atoms with Crippen LogP contribution in [0.1, 0.15) is 6.92 Å². The Bertz CT molecular complexity index is 3140. The maximum atomic E-state index is 4.29. The largest absolute Gasteiger partial charge is 0.315 e. The van der Waals surface area contributed by atoms with Crippen molar-refractivity contribution in [3.8, 4) is 11.4 Å². The molecule has 59 heavy (non-hydrogen) atoms.